The van der Waals surface area contributed by atoms with E-state index < -0.39 is 6.10 Å². The summed E-state index contributed by atoms with van der Waals surface area (Å²) in [6.07, 6.45) is 1.46. The number of imidazole rings is 1. The summed E-state index contributed by atoms with van der Waals surface area (Å²) >= 11 is 1.59. The lowest BCUT2D eigenvalue weighted by Crippen LogP contribution is -2.00. The molecule has 0 aliphatic rings. The number of hydrogen-bond donors (Lipinski definition) is 3. The quantitative estimate of drug-likeness (QED) is 0.735. The molecule has 0 fully saturated rings. The second-order valence-electron chi connectivity index (χ2n) is 3.36. The SMILES string of the molecule is CSCC(O)c1ccc2[nH]c(=O)[nH]c2c1. The van der Waals surface area contributed by atoms with Gasteiger partial charge in [-0.1, -0.05) is 6.07 Å². The number of nitrogens with one attached hydrogen (secondary N) is 2. The second-order valence-corrected chi connectivity index (χ2v) is 4.27. The van der Waals surface area contributed by atoms with Crippen molar-refractivity contribution in [2.45, 2.75) is 6.10 Å². The van der Waals surface area contributed by atoms with E-state index >= 15 is 0 Å². The third kappa shape index (κ3) is 2.08. The lowest BCUT2D eigenvalue weighted by atomic mass is 10.1. The lowest BCUT2D eigenvalue weighted by molar-refractivity contribution is 0.204. The summed E-state index contributed by atoms with van der Waals surface area (Å²) in [5, 5.41) is 9.76. The number of aliphatic hydroxyl groups is 1. The van der Waals surface area contributed by atoms with Gasteiger partial charge >= 0.3 is 5.69 Å². The smallest absolute Gasteiger partial charge is 0.323 e. The maximum Gasteiger partial charge on any atom is 0.323 e. The Bertz CT molecular complexity index is 517. The topological polar surface area (TPSA) is 68.9 Å². The summed E-state index contributed by atoms with van der Waals surface area (Å²) in [5.74, 6) is 0.653. The van der Waals surface area contributed by atoms with Gasteiger partial charge in [0.05, 0.1) is 17.1 Å². The Labute approximate surface area is 90.7 Å². The molecule has 0 saturated heterocycles. The number of H-pyrrole nitrogens is 2. The third-order valence-corrected chi connectivity index (χ3v) is 2.90. The van der Waals surface area contributed by atoms with Crippen molar-refractivity contribution in [1.29, 1.82) is 0 Å². The third-order valence-electron chi connectivity index (χ3n) is 2.25. The van der Waals surface area contributed by atoms with E-state index in [4.69, 9.17) is 0 Å². The van der Waals surface area contributed by atoms with Crippen LogP contribution in [-0.4, -0.2) is 27.1 Å². The number of aromatic amines is 2. The molecule has 0 aliphatic heterocycles. The number of hydrogen-bond acceptors (Lipinski definition) is 3. The van der Waals surface area contributed by atoms with Gasteiger partial charge in [0.25, 0.3) is 0 Å². The van der Waals surface area contributed by atoms with Gasteiger partial charge in [-0.15, -0.1) is 0 Å². The molecule has 3 N–H and O–H groups in total. The van der Waals surface area contributed by atoms with Crippen LogP contribution in [0.5, 0.6) is 0 Å². The van der Waals surface area contributed by atoms with Crippen molar-refractivity contribution < 1.29 is 5.11 Å². The van der Waals surface area contributed by atoms with Crippen LogP contribution in [0, 0.1) is 0 Å². The van der Waals surface area contributed by atoms with E-state index in [1.807, 2.05) is 12.3 Å². The fourth-order valence-electron chi connectivity index (χ4n) is 1.51. The first-order valence-electron chi connectivity index (χ1n) is 4.59. The number of aliphatic hydroxyl groups excluding tert-OH is 1. The van der Waals surface area contributed by atoms with E-state index in [1.54, 1.807) is 23.9 Å². The summed E-state index contributed by atoms with van der Waals surface area (Å²) in [5.41, 5.74) is 2.10. The van der Waals surface area contributed by atoms with Crippen molar-refractivity contribution in [2.24, 2.45) is 0 Å². The summed E-state index contributed by atoms with van der Waals surface area (Å²) in [7, 11) is 0. The molecular formula is C10H12N2O2S. The fraction of sp³-hybridized carbons (Fsp3) is 0.300. The minimum absolute atomic E-state index is 0.221. The average Bonchev–Trinajstić information content (AvgIpc) is 2.57. The van der Waals surface area contributed by atoms with Gasteiger partial charge in [-0.2, -0.15) is 11.8 Å². The van der Waals surface area contributed by atoms with Gasteiger partial charge in [0.1, 0.15) is 0 Å². The highest BCUT2D eigenvalue weighted by Gasteiger charge is 2.08. The molecule has 1 aromatic heterocycles. The number of aromatic nitrogens is 2. The van der Waals surface area contributed by atoms with Crippen molar-refractivity contribution in [1.82, 2.24) is 9.97 Å². The van der Waals surface area contributed by atoms with Crippen molar-refractivity contribution in [2.75, 3.05) is 12.0 Å². The Kier molecular flexibility index (Phi) is 2.83. The van der Waals surface area contributed by atoms with E-state index in [0.717, 1.165) is 16.6 Å². The molecule has 1 aromatic carbocycles. The van der Waals surface area contributed by atoms with Crippen LogP contribution < -0.4 is 5.69 Å². The molecule has 0 amide bonds. The normalized spacial score (nSPS) is 13.2. The maximum atomic E-state index is 11.0. The van der Waals surface area contributed by atoms with Gasteiger partial charge in [0.2, 0.25) is 0 Å². The van der Waals surface area contributed by atoms with Crippen molar-refractivity contribution in [3.05, 3.63) is 34.2 Å². The monoisotopic (exact) mass is 224 g/mol. The highest BCUT2D eigenvalue weighted by molar-refractivity contribution is 7.98. The molecule has 15 heavy (non-hydrogen) atoms. The molecule has 0 spiro atoms. The van der Waals surface area contributed by atoms with E-state index in [2.05, 4.69) is 9.97 Å². The lowest BCUT2D eigenvalue weighted by Gasteiger charge is -2.08. The van der Waals surface area contributed by atoms with E-state index in [-0.39, 0.29) is 5.69 Å². The number of fused-ring (bicyclic) bond motifs is 1. The zero-order chi connectivity index (χ0) is 10.8. The summed E-state index contributed by atoms with van der Waals surface area (Å²) < 4.78 is 0. The minimum Gasteiger partial charge on any atom is -0.388 e. The Balaban J connectivity index is 2.41. The molecule has 2 rings (SSSR count). The zero-order valence-corrected chi connectivity index (χ0v) is 9.10. The summed E-state index contributed by atoms with van der Waals surface area (Å²) in [6, 6.07) is 5.42. The number of benzene rings is 1. The van der Waals surface area contributed by atoms with Gasteiger partial charge in [-0.3, -0.25) is 0 Å². The van der Waals surface area contributed by atoms with Crippen molar-refractivity contribution in [3.8, 4) is 0 Å². The molecule has 1 unspecified atom stereocenters. The van der Waals surface area contributed by atoms with Crippen LogP contribution >= 0.6 is 11.8 Å². The van der Waals surface area contributed by atoms with Gasteiger partial charge in [0, 0.05) is 5.75 Å². The van der Waals surface area contributed by atoms with Crippen molar-refractivity contribution in [3.63, 3.8) is 0 Å². The molecule has 1 atom stereocenters. The van der Waals surface area contributed by atoms with Gasteiger partial charge in [-0.25, -0.2) is 4.79 Å². The maximum absolute atomic E-state index is 11.0. The van der Waals surface area contributed by atoms with E-state index in [1.165, 1.54) is 0 Å². The van der Waals surface area contributed by atoms with Crippen LogP contribution in [0.4, 0.5) is 0 Å². The van der Waals surface area contributed by atoms with Crippen LogP contribution in [0.3, 0.4) is 0 Å². The van der Waals surface area contributed by atoms with Gasteiger partial charge in [0.15, 0.2) is 0 Å². The highest BCUT2D eigenvalue weighted by Crippen LogP contribution is 2.19. The summed E-state index contributed by atoms with van der Waals surface area (Å²) in [6.45, 7) is 0. The second kappa shape index (κ2) is 4.12. The van der Waals surface area contributed by atoms with Crippen molar-refractivity contribution >= 4 is 22.8 Å². The Morgan fingerprint density at radius 3 is 2.87 bits per heavy atom. The highest BCUT2D eigenvalue weighted by atomic mass is 32.2. The predicted octanol–water partition coefficient (Wildman–Crippen LogP) is 1.25. The van der Waals surface area contributed by atoms with Crippen LogP contribution in [0.1, 0.15) is 11.7 Å². The van der Waals surface area contributed by atoms with E-state index in [9.17, 15) is 9.90 Å². The molecule has 4 nitrogen and oxygen atoms in total. The Morgan fingerprint density at radius 2 is 2.13 bits per heavy atom. The number of rotatable bonds is 3. The largest absolute Gasteiger partial charge is 0.388 e. The molecule has 5 heteroatoms. The first kappa shape index (κ1) is 10.3. The van der Waals surface area contributed by atoms with E-state index in [0.29, 0.717) is 5.75 Å². The molecule has 0 aliphatic carbocycles. The minimum atomic E-state index is -0.484. The standard InChI is InChI=1S/C10H12N2O2S/c1-15-5-9(13)6-2-3-7-8(4-6)12-10(14)11-7/h2-4,9,13H,5H2,1H3,(H2,11,12,14). The number of thioether (sulfide) groups is 1. The Morgan fingerprint density at radius 1 is 1.40 bits per heavy atom. The van der Waals surface area contributed by atoms with Gasteiger partial charge < -0.3 is 15.1 Å². The first-order valence-corrected chi connectivity index (χ1v) is 5.99. The first-order chi connectivity index (χ1) is 7.20. The Hall–Kier alpha value is -1.20. The molecule has 2 aromatic rings. The molecule has 0 bridgehead atoms. The fourth-order valence-corrected chi connectivity index (χ4v) is 2.02. The van der Waals surface area contributed by atoms with Crippen LogP contribution in [0.2, 0.25) is 0 Å². The zero-order valence-electron chi connectivity index (χ0n) is 8.28. The molecule has 80 valence electrons. The molecule has 0 radical (unpaired) electrons. The summed E-state index contributed by atoms with van der Waals surface area (Å²) in [4.78, 5) is 16.3. The van der Waals surface area contributed by atoms with Gasteiger partial charge in [-0.05, 0) is 24.0 Å². The molecule has 1 heterocycles. The molecular weight excluding hydrogens is 212 g/mol. The van der Waals surface area contributed by atoms with Crippen LogP contribution in [0.15, 0.2) is 23.0 Å². The molecule has 0 saturated carbocycles. The predicted molar refractivity (Wildman–Crippen MR) is 62.3 cm³/mol. The van der Waals surface area contributed by atoms with Crippen LogP contribution in [0.25, 0.3) is 11.0 Å². The average molecular weight is 224 g/mol. The van der Waals surface area contributed by atoms with Crippen LogP contribution in [-0.2, 0) is 0 Å².